The molecule has 0 heterocycles. The van der Waals surface area contributed by atoms with Gasteiger partial charge in [-0.05, 0) is 43.3 Å². The van der Waals surface area contributed by atoms with E-state index in [0.717, 1.165) is 0 Å². The molecule has 0 aromatic heterocycles. The number of para-hydroxylation sites is 1. The van der Waals surface area contributed by atoms with Crippen LogP contribution in [0.3, 0.4) is 0 Å². The van der Waals surface area contributed by atoms with Crippen molar-refractivity contribution in [2.24, 2.45) is 0 Å². The van der Waals surface area contributed by atoms with Crippen molar-refractivity contribution in [2.45, 2.75) is 6.92 Å². The fourth-order valence-corrected chi connectivity index (χ4v) is 2.40. The maximum absolute atomic E-state index is 12.3. The first-order valence-electron chi connectivity index (χ1n) is 8.63. The van der Waals surface area contributed by atoms with Gasteiger partial charge in [-0.2, -0.15) is 0 Å². The summed E-state index contributed by atoms with van der Waals surface area (Å²) in [7, 11) is 1.66. The van der Waals surface area contributed by atoms with Gasteiger partial charge in [0.15, 0.2) is 0 Å². The van der Waals surface area contributed by atoms with Crippen molar-refractivity contribution in [3.8, 4) is 11.5 Å². The summed E-state index contributed by atoms with van der Waals surface area (Å²) in [6, 6.07) is 13.9. The van der Waals surface area contributed by atoms with E-state index in [4.69, 9.17) is 21.1 Å². The number of halogens is 1. The Morgan fingerprint density at radius 1 is 1.07 bits per heavy atom. The molecule has 2 rings (SSSR count). The Hall–Kier alpha value is -2.73. The number of benzene rings is 2. The molecule has 6 nitrogen and oxygen atoms in total. The summed E-state index contributed by atoms with van der Waals surface area (Å²) in [5.74, 6) is 0.617. The van der Waals surface area contributed by atoms with Crippen LogP contribution in [0.4, 0.5) is 0 Å². The number of amides is 2. The van der Waals surface area contributed by atoms with E-state index in [-0.39, 0.29) is 18.4 Å². The number of likely N-dealkylation sites (N-methyl/N-ethyl adjacent to an activating group) is 1. The Morgan fingerprint density at radius 3 is 2.48 bits per heavy atom. The maximum Gasteiger partial charge on any atom is 0.255 e. The first-order valence-corrected chi connectivity index (χ1v) is 9.01. The number of hydrogen-bond donors (Lipinski definition) is 1. The van der Waals surface area contributed by atoms with E-state index in [9.17, 15) is 9.59 Å². The molecule has 27 heavy (non-hydrogen) atoms. The van der Waals surface area contributed by atoms with E-state index in [1.807, 2.05) is 6.92 Å². The van der Waals surface area contributed by atoms with Gasteiger partial charge >= 0.3 is 0 Å². The monoisotopic (exact) mass is 390 g/mol. The molecule has 2 amide bonds. The summed E-state index contributed by atoms with van der Waals surface area (Å²) in [4.78, 5) is 26.0. The number of carbonyl (C=O) groups is 2. The van der Waals surface area contributed by atoms with Crippen molar-refractivity contribution < 1.29 is 19.1 Å². The van der Waals surface area contributed by atoms with Gasteiger partial charge in [0, 0.05) is 12.1 Å². The van der Waals surface area contributed by atoms with Crippen LogP contribution < -0.4 is 14.8 Å². The Morgan fingerprint density at radius 2 is 1.78 bits per heavy atom. The molecule has 1 N–H and O–H groups in total. The molecule has 0 aliphatic heterocycles. The predicted molar refractivity (Wildman–Crippen MR) is 105 cm³/mol. The molecule has 0 fully saturated rings. The molecule has 0 radical (unpaired) electrons. The van der Waals surface area contributed by atoms with E-state index < -0.39 is 0 Å². The van der Waals surface area contributed by atoms with E-state index in [2.05, 4.69) is 5.32 Å². The number of ether oxygens (including phenoxy) is 2. The molecule has 0 saturated heterocycles. The zero-order chi connectivity index (χ0) is 19.6. The largest absolute Gasteiger partial charge is 0.493 e. The number of hydrogen-bond acceptors (Lipinski definition) is 4. The molecule has 144 valence electrons. The number of rotatable bonds is 9. The predicted octanol–water partition coefficient (Wildman–Crippen LogP) is 3.01. The molecule has 0 aliphatic rings. The molecule has 0 bridgehead atoms. The van der Waals surface area contributed by atoms with Crippen molar-refractivity contribution in [2.75, 3.05) is 33.4 Å². The number of carbonyl (C=O) groups excluding carboxylic acids is 2. The minimum absolute atomic E-state index is 0.100. The SMILES string of the molecule is CCOc1ccccc1C(=O)NCC(=O)N(C)CCOc1ccc(Cl)cc1. The second kappa shape index (κ2) is 10.4. The molecule has 2 aromatic carbocycles. The highest BCUT2D eigenvalue weighted by Crippen LogP contribution is 2.17. The summed E-state index contributed by atoms with van der Waals surface area (Å²) >= 11 is 5.82. The lowest BCUT2D eigenvalue weighted by Gasteiger charge is -2.18. The van der Waals surface area contributed by atoms with Crippen LogP contribution in [0.1, 0.15) is 17.3 Å². The van der Waals surface area contributed by atoms with Crippen molar-refractivity contribution in [3.05, 3.63) is 59.1 Å². The molecule has 7 heteroatoms. The lowest BCUT2D eigenvalue weighted by atomic mass is 10.2. The Kier molecular flexibility index (Phi) is 7.95. The number of nitrogens with one attached hydrogen (secondary N) is 1. The van der Waals surface area contributed by atoms with Gasteiger partial charge in [0.25, 0.3) is 5.91 Å². The standard InChI is InChI=1S/C20H23ClN2O4/c1-3-26-18-7-5-4-6-17(18)20(25)22-14-19(24)23(2)12-13-27-16-10-8-15(21)9-11-16/h4-11H,3,12-14H2,1-2H3,(H,22,25). The van der Waals surface area contributed by atoms with Gasteiger partial charge in [-0.3, -0.25) is 9.59 Å². The smallest absolute Gasteiger partial charge is 0.255 e. The van der Waals surface area contributed by atoms with E-state index in [0.29, 0.717) is 41.8 Å². The van der Waals surface area contributed by atoms with Gasteiger partial charge in [0.2, 0.25) is 5.91 Å². The third-order valence-corrected chi connectivity index (χ3v) is 4.02. The van der Waals surface area contributed by atoms with Crippen LogP contribution in [-0.4, -0.2) is 50.1 Å². The van der Waals surface area contributed by atoms with Gasteiger partial charge in [0.1, 0.15) is 18.1 Å². The Balaban J connectivity index is 1.77. The highest BCUT2D eigenvalue weighted by atomic mass is 35.5. The topological polar surface area (TPSA) is 67.9 Å². The number of nitrogens with zero attached hydrogens (tertiary/aromatic N) is 1. The molecular formula is C20H23ClN2O4. The zero-order valence-corrected chi connectivity index (χ0v) is 16.2. The molecule has 2 aromatic rings. The molecular weight excluding hydrogens is 368 g/mol. The third kappa shape index (κ3) is 6.49. The van der Waals surface area contributed by atoms with Crippen LogP contribution in [0.2, 0.25) is 5.02 Å². The second-order valence-corrected chi connectivity index (χ2v) is 6.17. The van der Waals surface area contributed by atoms with E-state index in [1.165, 1.54) is 4.90 Å². The van der Waals surface area contributed by atoms with Crippen LogP contribution in [0.15, 0.2) is 48.5 Å². The van der Waals surface area contributed by atoms with Crippen LogP contribution in [0, 0.1) is 0 Å². The van der Waals surface area contributed by atoms with Gasteiger partial charge in [-0.1, -0.05) is 23.7 Å². The Labute approximate surface area is 164 Å². The summed E-state index contributed by atoms with van der Waals surface area (Å²) in [6.07, 6.45) is 0. The van der Waals surface area contributed by atoms with Crippen LogP contribution in [0.5, 0.6) is 11.5 Å². The van der Waals surface area contributed by atoms with Gasteiger partial charge in [-0.15, -0.1) is 0 Å². The van der Waals surface area contributed by atoms with Gasteiger partial charge < -0.3 is 19.7 Å². The van der Waals surface area contributed by atoms with Crippen molar-refractivity contribution in [1.29, 1.82) is 0 Å². The minimum atomic E-state index is -0.349. The quantitative estimate of drug-likeness (QED) is 0.714. The minimum Gasteiger partial charge on any atom is -0.493 e. The van der Waals surface area contributed by atoms with Crippen molar-refractivity contribution in [1.82, 2.24) is 10.2 Å². The van der Waals surface area contributed by atoms with Gasteiger partial charge in [0.05, 0.1) is 25.3 Å². The van der Waals surface area contributed by atoms with Crippen molar-refractivity contribution >= 4 is 23.4 Å². The lowest BCUT2D eigenvalue weighted by molar-refractivity contribution is -0.129. The van der Waals surface area contributed by atoms with E-state index in [1.54, 1.807) is 55.6 Å². The maximum atomic E-state index is 12.3. The van der Waals surface area contributed by atoms with Crippen LogP contribution in [-0.2, 0) is 4.79 Å². The first kappa shape index (κ1) is 20.6. The Bertz CT molecular complexity index is 765. The fourth-order valence-electron chi connectivity index (χ4n) is 2.28. The van der Waals surface area contributed by atoms with Gasteiger partial charge in [-0.25, -0.2) is 0 Å². The fraction of sp³-hybridized carbons (Fsp3) is 0.300. The van der Waals surface area contributed by atoms with E-state index >= 15 is 0 Å². The molecule has 0 unspecified atom stereocenters. The average molecular weight is 391 g/mol. The molecule has 0 saturated carbocycles. The normalized spacial score (nSPS) is 10.2. The third-order valence-electron chi connectivity index (χ3n) is 3.77. The summed E-state index contributed by atoms with van der Waals surface area (Å²) < 4.78 is 11.0. The zero-order valence-electron chi connectivity index (χ0n) is 15.4. The molecule has 0 spiro atoms. The highest BCUT2D eigenvalue weighted by molar-refractivity contribution is 6.30. The van der Waals surface area contributed by atoms with Crippen molar-refractivity contribution in [3.63, 3.8) is 0 Å². The molecule has 0 aliphatic carbocycles. The average Bonchev–Trinajstić information content (AvgIpc) is 2.68. The summed E-state index contributed by atoms with van der Waals surface area (Å²) in [5.41, 5.74) is 0.404. The summed E-state index contributed by atoms with van der Waals surface area (Å²) in [5, 5.41) is 3.26. The summed E-state index contributed by atoms with van der Waals surface area (Å²) in [6.45, 7) is 2.94. The molecule has 0 atom stereocenters. The van der Waals surface area contributed by atoms with Crippen LogP contribution in [0.25, 0.3) is 0 Å². The first-order chi connectivity index (χ1) is 13.0. The lowest BCUT2D eigenvalue weighted by Crippen LogP contribution is -2.39. The van der Waals surface area contributed by atoms with Crippen LogP contribution >= 0.6 is 11.6 Å². The second-order valence-electron chi connectivity index (χ2n) is 5.73. The highest BCUT2D eigenvalue weighted by Gasteiger charge is 2.15.